The average molecular weight is 127 g/mol. The van der Waals surface area contributed by atoms with Crippen molar-refractivity contribution < 1.29 is 9.90 Å². The SMILES string of the molecule is NC(C(=O)O)C12CC1C2. The molecule has 2 saturated carbocycles. The first-order valence-corrected chi connectivity index (χ1v) is 3.15. The molecule has 3 nitrogen and oxygen atoms in total. The van der Waals surface area contributed by atoms with Gasteiger partial charge in [0.15, 0.2) is 0 Å². The summed E-state index contributed by atoms with van der Waals surface area (Å²) in [6, 6.07) is -0.581. The van der Waals surface area contributed by atoms with Gasteiger partial charge in [-0.05, 0) is 24.2 Å². The van der Waals surface area contributed by atoms with Crippen LogP contribution in [0.5, 0.6) is 0 Å². The highest BCUT2D eigenvalue weighted by molar-refractivity contribution is 5.76. The third-order valence-electron chi connectivity index (χ3n) is 2.63. The fraction of sp³-hybridized carbons (Fsp3) is 0.833. The van der Waals surface area contributed by atoms with Crippen LogP contribution in [-0.2, 0) is 4.79 Å². The van der Waals surface area contributed by atoms with Crippen LogP contribution in [-0.4, -0.2) is 17.1 Å². The molecule has 0 amide bonds. The molecule has 0 heterocycles. The summed E-state index contributed by atoms with van der Waals surface area (Å²) >= 11 is 0. The second-order valence-electron chi connectivity index (χ2n) is 3.15. The maximum atomic E-state index is 10.3. The van der Waals surface area contributed by atoms with Gasteiger partial charge in [0.1, 0.15) is 6.04 Å². The first-order valence-electron chi connectivity index (χ1n) is 3.15. The number of carboxylic acids is 1. The van der Waals surface area contributed by atoms with Gasteiger partial charge >= 0.3 is 5.97 Å². The van der Waals surface area contributed by atoms with Gasteiger partial charge in [-0.25, -0.2) is 0 Å². The standard InChI is InChI=1S/C6H9NO2/c7-4(5(8)9)6-1-3(6)2-6/h3-4H,1-2,7H2,(H,8,9). The molecule has 3 N–H and O–H groups in total. The van der Waals surface area contributed by atoms with E-state index in [4.69, 9.17) is 10.8 Å². The first-order chi connectivity index (χ1) is 4.17. The van der Waals surface area contributed by atoms with Crippen LogP contribution in [0.2, 0.25) is 0 Å². The maximum Gasteiger partial charge on any atom is 0.321 e. The van der Waals surface area contributed by atoms with Crippen LogP contribution in [0.25, 0.3) is 0 Å². The number of carbonyl (C=O) groups is 1. The number of nitrogens with two attached hydrogens (primary N) is 1. The molecule has 1 atom stereocenters. The Bertz CT molecular complexity index is 172. The molecule has 0 aliphatic heterocycles. The number of hydrogen-bond acceptors (Lipinski definition) is 2. The number of carboxylic acid groups (broad SMARTS) is 1. The van der Waals surface area contributed by atoms with Crippen LogP contribution in [0.15, 0.2) is 0 Å². The summed E-state index contributed by atoms with van der Waals surface area (Å²) in [6.45, 7) is 0. The molecule has 1 unspecified atom stereocenters. The third kappa shape index (κ3) is 0.477. The minimum Gasteiger partial charge on any atom is -0.480 e. The largest absolute Gasteiger partial charge is 0.480 e. The zero-order chi connectivity index (χ0) is 6.65. The molecule has 9 heavy (non-hydrogen) atoms. The second-order valence-corrected chi connectivity index (χ2v) is 3.15. The van der Waals surface area contributed by atoms with Gasteiger partial charge in [0.2, 0.25) is 0 Å². The average Bonchev–Trinajstić information content (AvgIpc) is 2.45. The highest BCUT2D eigenvalue weighted by Crippen LogP contribution is 2.76. The third-order valence-corrected chi connectivity index (χ3v) is 2.63. The van der Waals surface area contributed by atoms with Gasteiger partial charge in [-0.3, -0.25) is 4.79 Å². The van der Waals surface area contributed by atoms with E-state index in [1.54, 1.807) is 0 Å². The minimum absolute atomic E-state index is 0.0752. The molecule has 2 aliphatic rings. The number of hydrogen-bond donors (Lipinski definition) is 2. The van der Waals surface area contributed by atoms with E-state index in [2.05, 4.69) is 0 Å². The molecule has 0 radical (unpaired) electrons. The van der Waals surface area contributed by atoms with Gasteiger partial charge < -0.3 is 10.8 Å². The van der Waals surface area contributed by atoms with Gasteiger partial charge in [-0.1, -0.05) is 0 Å². The topological polar surface area (TPSA) is 63.3 Å². The van der Waals surface area contributed by atoms with Crippen molar-refractivity contribution in [1.82, 2.24) is 0 Å². The molecule has 0 spiro atoms. The van der Waals surface area contributed by atoms with E-state index in [0.29, 0.717) is 5.92 Å². The van der Waals surface area contributed by atoms with E-state index in [9.17, 15) is 4.79 Å². The van der Waals surface area contributed by atoms with Gasteiger partial charge in [-0.15, -0.1) is 0 Å². The fourth-order valence-corrected chi connectivity index (χ4v) is 1.49. The highest BCUT2D eigenvalue weighted by Gasteiger charge is 2.73. The molecule has 2 rings (SSSR count). The molecule has 0 aromatic rings. The minimum atomic E-state index is -0.838. The highest BCUT2D eigenvalue weighted by atomic mass is 16.4. The van der Waals surface area contributed by atoms with Crippen molar-refractivity contribution in [2.75, 3.05) is 0 Å². The molecule has 2 fully saturated rings. The summed E-state index contributed by atoms with van der Waals surface area (Å²) < 4.78 is 0. The van der Waals surface area contributed by atoms with Crippen LogP contribution in [0.1, 0.15) is 12.8 Å². The summed E-state index contributed by atoms with van der Waals surface area (Å²) in [5.74, 6) is -0.168. The Morgan fingerprint density at radius 1 is 1.78 bits per heavy atom. The summed E-state index contributed by atoms with van der Waals surface area (Å²) in [6.07, 6.45) is 2.11. The Labute approximate surface area is 52.8 Å². The lowest BCUT2D eigenvalue weighted by atomic mass is 10.1. The molecular weight excluding hydrogens is 118 g/mol. The lowest BCUT2D eigenvalue weighted by molar-refractivity contribution is -0.139. The fourth-order valence-electron chi connectivity index (χ4n) is 1.49. The zero-order valence-electron chi connectivity index (χ0n) is 5.00. The van der Waals surface area contributed by atoms with Crippen molar-refractivity contribution >= 4 is 5.97 Å². The molecule has 0 bridgehead atoms. The quantitative estimate of drug-likeness (QED) is 0.540. The van der Waals surface area contributed by atoms with Gasteiger partial charge in [-0.2, -0.15) is 0 Å². The van der Waals surface area contributed by atoms with Crippen LogP contribution < -0.4 is 5.73 Å². The number of aliphatic carboxylic acids is 1. The number of fused-ring (bicyclic) bond motifs is 1. The van der Waals surface area contributed by atoms with E-state index in [1.165, 1.54) is 0 Å². The van der Waals surface area contributed by atoms with Crippen molar-refractivity contribution in [2.45, 2.75) is 18.9 Å². The zero-order valence-corrected chi connectivity index (χ0v) is 5.00. The summed E-state index contributed by atoms with van der Waals surface area (Å²) in [5.41, 5.74) is 5.47. The van der Waals surface area contributed by atoms with Crippen molar-refractivity contribution in [1.29, 1.82) is 0 Å². The lowest BCUT2D eigenvalue weighted by Crippen LogP contribution is -2.35. The summed E-state index contributed by atoms with van der Waals surface area (Å²) in [5, 5.41) is 8.46. The van der Waals surface area contributed by atoms with E-state index < -0.39 is 12.0 Å². The van der Waals surface area contributed by atoms with Gasteiger partial charge in [0, 0.05) is 0 Å². The monoisotopic (exact) mass is 127 g/mol. The van der Waals surface area contributed by atoms with E-state index >= 15 is 0 Å². The van der Waals surface area contributed by atoms with Crippen LogP contribution in [0.4, 0.5) is 0 Å². The Kier molecular flexibility index (Phi) is 0.662. The molecule has 3 heteroatoms. The number of rotatable bonds is 2. The Hall–Kier alpha value is -0.570. The predicted molar refractivity (Wildman–Crippen MR) is 30.8 cm³/mol. The summed E-state index contributed by atoms with van der Waals surface area (Å²) in [7, 11) is 0. The van der Waals surface area contributed by atoms with Crippen molar-refractivity contribution in [2.24, 2.45) is 17.1 Å². The van der Waals surface area contributed by atoms with E-state index in [0.717, 1.165) is 12.8 Å². The van der Waals surface area contributed by atoms with E-state index in [-0.39, 0.29) is 5.41 Å². The molecule has 0 aromatic carbocycles. The van der Waals surface area contributed by atoms with Crippen molar-refractivity contribution in [3.63, 3.8) is 0 Å². The normalized spacial score (nSPS) is 47.4. The van der Waals surface area contributed by atoms with Gasteiger partial charge in [0.25, 0.3) is 0 Å². The van der Waals surface area contributed by atoms with Gasteiger partial charge in [0.05, 0.1) is 0 Å². The Morgan fingerprint density at radius 2 is 2.22 bits per heavy atom. The van der Waals surface area contributed by atoms with Crippen LogP contribution in [0, 0.1) is 11.3 Å². The van der Waals surface area contributed by atoms with E-state index in [1.807, 2.05) is 0 Å². The first kappa shape index (κ1) is 5.23. The molecule has 0 saturated heterocycles. The van der Waals surface area contributed by atoms with Crippen molar-refractivity contribution in [3.8, 4) is 0 Å². The molecular formula is C6H9NO2. The second kappa shape index (κ2) is 1.14. The smallest absolute Gasteiger partial charge is 0.321 e. The summed E-state index contributed by atoms with van der Waals surface area (Å²) in [4.78, 5) is 10.3. The molecule has 0 aromatic heterocycles. The van der Waals surface area contributed by atoms with Crippen LogP contribution in [0.3, 0.4) is 0 Å². The molecule has 2 aliphatic carbocycles. The predicted octanol–water partition coefficient (Wildman–Crippen LogP) is -0.192. The Balaban J connectivity index is 2.06. The molecule has 50 valence electrons. The van der Waals surface area contributed by atoms with Crippen LogP contribution >= 0.6 is 0 Å². The lowest BCUT2D eigenvalue weighted by Gasteiger charge is -2.06. The maximum absolute atomic E-state index is 10.3. The Morgan fingerprint density at radius 3 is 2.33 bits per heavy atom. The van der Waals surface area contributed by atoms with Crippen molar-refractivity contribution in [3.05, 3.63) is 0 Å².